The normalized spacial score (nSPS) is 23.3. The van der Waals surface area contributed by atoms with Crippen molar-refractivity contribution in [1.29, 1.82) is 0 Å². The van der Waals surface area contributed by atoms with E-state index in [1.165, 1.54) is 4.90 Å². The van der Waals surface area contributed by atoms with Crippen LogP contribution in [0.5, 0.6) is 0 Å². The number of rotatable bonds is 6. The van der Waals surface area contributed by atoms with Gasteiger partial charge in [0.25, 0.3) is 0 Å². The molecule has 1 fully saturated rings. The van der Waals surface area contributed by atoms with Gasteiger partial charge in [0.1, 0.15) is 0 Å². The van der Waals surface area contributed by atoms with E-state index in [0.717, 1.165) is 23.9 Å². The molecule has 2 atom stereocenters. The number of alkyl halides is 1. The zero-order valence-electron chi connectivity index (χ0n) is 10.8. The summed E-state index contributed by atoms with van der Waals surface area (Å²) in [6.45, 7) is 0. The van der Waals surface area contributed by atoms with Crippen molar-refractivity contribution < 1.29 is 8.42 Å². The van der Waals surface area contributed by atoms with Crippen molar-refractivity contribution in [2.75, 3.05) is 22.6 Å². The van der Waals surface area contributed by atoms with Crippen LogP contribution in [0, 0.1) is 11.8 Å². The van der Waals surface area contributed by atoms with Gasteiger partial charge in [-0.1, -0.05) is 34.1 Å². The van der Waals surface area contributed by atoms with Crippen LogP contribution in [-0.4, -0.2) is 31.0 Å². The van der Waals surface area contributed by atoms with Gasteiger partial charge in [-0.05, 0) is 42.6 Å². The third-order valence-electron chi connectivity index (χ3n) is 3.63. The van der Waals surface area contributed by atoms with Gasteiger partial charge < -0.3 is 0 Å². The van der Waals surface area contributed by atoms with Crippen molar-refractivity contribution >= 4 is 37.5 Å². The summed E-state index contributed by atoms with van der Waals surface area (Å²) in [5, 5.41) is 0.905. The maximum Gasteiger partial charge on any atom is 0.150 e. The van der Waals surface area contributed by atoms with Crippen molar-refractivity contribution in [3.63, 3.8) is 0 Å². The summed E-state index contributed by atoms with van der Waals surface area (Å²) in [4.78, 5) is 1.29. The van der Waals surface area contributed by atoms with Crippen LogP contribution >= 0.6 is 27.7 Å². The number of hydrogen-bond acceptors (Lipinski definition) is 3. The third kappa shape index (κ3) is 4.80. The summed E-state index contributed by atoms with van der Waals surface area (Å²) >= 11 is 5.40. The molecule has 1 aromatic rings. The highest BCUT2D eigenvalue weighted by Crippen LogP contribution is 2.31. The van der Waals surface area contributed by atoms with Gasteiger partial charge >= 0.3 is 0 Å². The van der Waals surface area contributed by atoms with Crippen LogP contribution in [0.15, 0.2) is 35.2 Å². The molecule has 2 rings (SSSR count). The average Bonchev–Trinajstić information content (AvgIpc) is 2.76. The third-order valence-corrected chi connectivity index (χ3v) is 7.30. The van der Waals surface area contributed by atoms with Crippen molar-refractivity contribution in [1.82, 2.24) is 0 Å². The number of thioether (sulfide) groups is 1. The van der Waals surface area contributed by atoms with Gasteiger partial charge in [-0.15, -0.1) is 11.8 Å². The number of hydrogen-bond donors (Lipinski definition) is 0. The molecular formula is C14H19BrO2S2. The Hall–Kier alpha value is -0.000000000000000111. The van der Waals surface area contributed by atoms with Crippen molar-refractivity contribution in [3.8, 4) is 0 Å². The Morgan fingerprint density at radius 1 is 1.32 bits per heavy atom. The van der Waals surface area contributed by atoms with E-state index in [4.69, 9.17) is 0 Å². The molecule has 2 nitrogen and oxygen atoms in total. The molecule has 0 aliphatic carbocycles. The summed E-state index contributed by atoms with van der Waals surface area (Å²) in [7, 11) is -2.76. The van der Waals surface area contributed by atoms with E-state index < -0.39 is 9.84 Å². The minimum Gasteiger partial charge on any atom is -0.229 e. The Labute approximate surface area is 128 Å². The lowest BCUT2D eigenvalue weighted by Crippen LogP contribution is -2.18. The van der Waals surface area contributed by atoms with Crippen LogP contribution in [0.4, 0.5) is 0 Å². The van der Waals surface area contributed by atoms with E-state index in [2.05, 4.69) is 28.1 Å². The Morgan fingerprint density at radius 2 is 2.05 bits per heavy atom. The molecule has 0 N–H and O–H groups in total. The summed E-state index contributed by atoms with van der Waals surface area (Å²) < 4.78 is 23.1. The molecule has 0 amide bonds. The Balaban J connectivity index is 1.80. The van der Waals surface area contributed by atoms with Crippen molar-refractivity contribution in [2.45, 2.75) is 17.7 Å². The van der Waals surface area contributed by atoms with Crippen molar-refractivity contribution in [2.24, 2.45) is 11.8 Å². The van der Waals surface area contributed by atoms with Crippen LogP contribution in [0.2, 0.25) is 0 Å². The highest BCUT2D eigenvalue weighted by atomic mass is 79.9. The van der Waals surface area contributed by atoms with E-state index in [9.17, 15) is 8.42 Å². The van der Waals surface area contributed by atoms with Gasteiger partial charge in [-0.3, -0.25) is 0 Å². The lowest BCUT2D eigenvalue weighted by molar-refractivity contribution is 0.396. The molecule has 2 unspecified atom stereocenters. The molecule has 1 aromatic carbocycles. The first-order valence-electron chi connectivity index (χ1n) is 6.55. The van der Waals surface area contributed by atoms with Gasteiger partial charge in [0.15, 0.2) is 9.84 Å². The molecule has 106 valence electrons. The fourth-order valence-corrected chi connectivity index (χ4v) is 6.26. The van der Waals surface area contributed by atoms with Crippen LogP contribution in [0.25, 0.3) is 0 Å². The van der Waals surface area contributed by atoms with Crippen LogP contribution < -0.4 is 0 Å². The van der Waals surface area contributed by atoms with Crippen molar-refractivity contribution in [3.05, 3.63) is 30.3 Å². The van der Waals surface area contributed by atoms with E-state index in [1.54, 1.807) is 0 Å². The lowest BCUT2D eigenvalue weighted by Gasteiger charge is -2.19. The van der Waals surface area contributed by atoms with Crippen LogP contribution in [0.3, 0.4) is 0 Å². The number of benzene rings is 1. The first-order chi connectivity index (χ1) is 9.11. The molecule has 0 spiro atoms. The summed E-state index contributed by atoms with van der Waals surface area (Å²) in [5.41, 5.74) is 0. The predicted molar refractivity (Wildman–Crippen MR) is 85.8 cm³/mol. The number of sulfone groups is 1. The maximum atomic E-state index is 11.5. The first-order valence-corrected chi connectivity index (χ1v) is 10.5. The predicted octanol–water partition coefficient (Wildman–Crippen LogP) is 3.61. The zero-order chi connectivity index (χ0) is 13.7. The summed E-state index contributed by atoms with van der Waals surface area (Å²) in [6.07, 6.45) is 1.92. The first kappa shape index (κ1) is 15.4. The fraction of sp³-hybridized carbons (Fsp3) is 0.571. The monoisotopic (exact) mass is 362 g/mol. The lowest BCUT2D eigenvalue weighted by atomic mass is 9.91. The Kier molecular flexibility index (Phi) is 5.78. The molecule has 1 aliphatic rings. The highest BCUT2D eigenvalue weighted by molar-refractivity contribution is 9.09. The maximum absolute atomic E-state index is 11.5. The molecule has 0 radical (unpaired) electrons. The molecule has 1 heterocycles. The second kappa shape index (κ2) is 7.14. The second-order valence-corrected chi connectivity index (χ2v) is 9.07. The second-order valence-electron chi connectivity index (χ2n) is 5.03. The largest absolute Gasteiger partial charge is 0.229 e. The van der Waals surface area contributed by atoms with Crippen LogP contribution in [0.1, 0.15) is 12.8 Å². The summed E-state index contributed by atoms with van der Waals surface area (Å²) in [6, 6.07) is 10.4. The average molecular weight is 363 g/mol. The SMILES string of the molecule is O=S1(=O)CCC(C(CBr)CCSc2ccccc2)C1. The number of halogens is 1. The molecular weight excluding hydrogens is 344 g/mol. The fourth-order valence-electron chi connectivity index (χ4n) is 2.48. The molecule has 5 heteroatoms. The molecule has 0 aromatic heterocycles. The molecule has 0 saturated carbocycles. The van der Waals surface area contributed by atoms with Gasteiger partial charge in [-0.25, -0.2) is 8.42 Å². The van der Waals surface area contributed by atoms with Gasteiger partial charge in [-0.2, -0.15) is 0 Å². The minimum absolute atomic E-state index is 0.348. The van der Waals surface area contributed by atoms with Crippen LogP contribution in [-0.2, 0) is 9.84 Å². The highest BCUT2D eigenvalue weighted by Gasteiger charge is 2.32. The molecule has 19 heavy (non-hydrogen) atoms. The van der Waals surface area contributed by atoms with E-state index >= 15 is 0 Å². The van der Waals surface area contributed by atoms with E-state index in [1.807, 2.05) is 30.0 Å². The summed E-state index contributed by atoms with van der Waals surface area (Å²) in [5.74, 6) is 2.65. The van der Waals surface area contributed by atoms with Gasteiger partial charge in [0.05, 0.1) is 11.5 Å². The zero-order valence-corrected chi connectivity index (χ0v) is 14.0. The Morgan fingerprint density at radius 3 is 2.63 bits per heavy atom. The van der Waals surface area contributed by atoms with Gasteiger partial charge in [0, 0.05) is 10.2 Å². The standard InChI is InChI=1S/C14H19BrO2S2/c15-10-12(13-7-9-19(16,17)11-13)6-8-18-14-4-2-1-3-5-14/h1-5,12-13H,6-11H2. The smallest absolute Gasteiger partial charge is 0.150 e. The minimum atomic E-state index is -2.76. The molecule has 0 bridgehead atoms. The van der Waals surface area contributed by atoms with Gasteiger partial charge in [0.2, 0.25) is 0 Å². The quantitative estimate of drug-likeness (QED) is 0.572. The molecule has 1 aliphatic heterocycles. The molecule has 1 saturated heterocycles. The topological polar surface area (TPSA) is 34.1 Å². The van der Waals surface area contributed by atoms with E-state index in [0.29, 0.717) is 23.3 Å². The Bertz CT molecular complexity index is 487. The van der Waals surface area contributed by atoms with E-state index in [-0.39, 0.29) is 0 Å².